The number of hydrogen-bond donors (Lipinski definition) is 1. The van der Waals surface area contributed by atoms with Gasteiger partial charge >= 0.3 is 5.97 Å². The van der Waals surface area contributed by atoms with Crippen LogP contribution >= 0.6 is 0 Å². The molecule has 1 atom stereocenters. The van der Waals surface area contributed by atoms with Crippen LogP contribution in [0.4, 0.5) is 0 Å². The van der Waals surface area contributed by atoms with Crippen LogP contribution in [-0.2, 0) is 19.1 Å². The van der Waals surface area contributed by atoms with E-state index in [0.29, 0.717) is 38.8 Å². The maximum absolute atomic E-state index is 13.4. The van der Waals surface area contributed by atoms with Gasteiger partial charge in [0.15, 0.2) is 0 Å². The first kappa shape index (κ1) is 38.6. The summed E-state index contributed by atoms with van der Waals surface area (Å²) in [5, 5.41) is 0. The third-order valence-electron chi connectivity index (χ3n) is 7.78. The molecule has 6 heteroatoms. The Balaban J connectivity index is 4.99. The molecule has 40 heavy (non-hydrogen) atoms. The maximum atomic E-state index is 13.4. The molecule has 0 fully saturated rings. The summed E-state index contributed by atoms with van der Waals surface area (Å²) in [6.07, 6.45) is 24.9. The van der Waals surface area contributed by atoms with Crippen LogP contribution in [0.1, 0.15) is 181 Å². The Kier molecular flexibility index (Phi) is 28.0. The van der Waals surface area contributed by atoms with E-state index in [1.165, 1.54) is 49.8 Å². The second-order valence-corrected chi connectivity index (χ2v) is 11.6. The molecule has 236 valence electrons. The molecule has 0 aromatic rings. The number of nitrogens with two attached hydrogens (primary N) is 1. The first-order chi connectivity index (χ1) is 19.5. The number of nitrogens with zero attached hydrogens (tertiary/aromatic N) is 1. The molecule has 6 nitrogen and oxygen atoms in total. The molecule has 0 bridgehead atoms. The van der Waals surface area contributed by atoms with Gasteiger partial charge in [-0.3, -0.25) is 14.5 Å². The molecule has 0 radical (unpaired) electrons. The van der Waals surface area contributed by atoms with E-state index in [9.17, 15) is 14.4 Å². The summed E-state index contributed by atoms with van der Waals surface area (Å²) in [7, 11) is 0. The number of carbonyl (C=O) groups excluding carboxylic acids is 3. The lowest BCUT2D eigenvalue weighted by atomic mass is 10.0. The molecule has 0 aliphatic carbocycles. The van der Waals surface area contributed by atoms with Gasteiger partial charge in [-0.25, -0.2) is 4.79 Å². The zero-order valence-electron chi connectivity index (χ0n) is 26.8. The van der Waals surface area contributed by atoms with Crippen molar-refractivity contribution in [1.29, 1.82) is 0 Å². The van der Waals surface area contributed by atoms with Crippen molar-refractivity contribution in [2.24, 2.45) is 5.73 Å². The summed E-state index contributed by atoms with van der Waals surface area (Å²) in [6, 6.07) is -0.832. The van der Waals surface area contributed by atoms with Crippen LogP contribution in [0.25, 0.3) is 0 Å². The molecule has 0 aliphatic heterocycles. The van der Waals surface area contributed by atoms with Gasteiger partial charge in [0.1, 0.15) is 6.04 Å². The molecular formula is C34H66N2O4. The molecule has 0 aromatic carbocycles. The van der Waals surface area contributed by atoms with Crippen molar-refractivity contribution in [2.75, 3.05) is 13.2 Å². The van der Waals surface area contributed by atoms with E-state index in [1.54, 1.807) is 0 Å². The SMILES string of the molecule is CCCCCCCCCCCCOC(=O)[C@H](CCCCN)N(C(=O)CCCCCCC)C(=O)CCCCCCC. The Hall–Kier alpha value is -1.43. The van der Waals surface area contributed by atoms with Crippen LogP contribution < -0.4 is 5.73 Å². The van der Waals surface area contributed by atoms with Crippen LogP contribution in [0.5, 0.6) is 0 Å². The summed E-state index contributed by atoms with van der Waals surface area (Å²) in [6.45, 7) is 7.45. The van der Waals surface area contributed by atoms with Crippen molar-refractivity contribution in [3.63, 3.8) is 0 Å². The first-order valence-corrected chi connectivity index (χ1v) is 17.2. The fourth-order valence-electron chi connectivity index (χ4n) is 5.18. The second kappa shape index (κ2) is 29.1. The standard InChI is InChI=1S/C34H66N2O4/c1-4-7-10-13-14-15-16-17-20-25-30-40-34(39)31(26-23-24-29-35)36(32(37)27-21-18-11-8-5-2)33(38)28-22-19-12-9-6-3/h31H,4-30,35H2,1-3H3/t31-/m0/s1. The molecule has 0 heterocycles. The Bertz CT molecular complexity index is 585. The van der Waals surface area contributed by atoms with Gasteiger partial charge < -0.3 is 10.5 Å². The normalized spacial score (nSPS) is 11.9. The van der Waals surface area contributed by atoms with Crippen LogP contribution in [0.3, 0.4) is 0 Å². The van der Waals surface area contributed by atoms with E-state index < -0.39 is 12.0 Å². The summed E-state index contributed by atoms with van der Waals surface area (Å²) < 4.78 is 5.69. The minimum absolute atomic E-state index is 0.219. The Morgan fingerprint density at radius 1 is 0.550 bits per heavy atom. The van der Waals surface area contributed by atoms with E-state index in [2.05, 4.69) is 20.8 Å². The number of esters is 1. The second-order valence-electron chi connectivity index (χ2n) is 11.6. The lowest BCUT2D eigenvalue weighted by molar-refractivity contribution is -0.162. The predicted octanol–water partition coefficient (Wildman–Crippen LogP) is 9.02. The number of unbranched alkanes of at least 4 members (excludes halogenated alkanes) is 18. The van der Waals surface area contributed by atoms with Crippen molar-refractivity contribution in [3.8, 4) is 0 Å². The van der Waals surface area contributed by atoms with Crippen LogP contribution in [0, 0.1) is 0 Å². The van der Waals surface area contributed by atoms with Crippen LogP contribution in [0.15, 0.2) is 0 Å². The zero-order chi connectivity index (χ0) is 29.7. The molecule has 2 amide bonds. The minimum Gasteiger partial charge on any atom is -0.464 e. The highest BCUT2D eigenvalue weighted by Gasteiger charge is 2.34. The van der Waals surface area contributed by atoms with Crippen molar-refractivity contribution in [1.82, 2.24) is 4.90 Å². The van der Waals surface area contributed by atoms with Gasteiger partial charge in [0.05, 0.1) is 6.61 Å². The quantitative estimate of drug-likeness (QED) is 0.0720. The lowest BCUT2D eigenvalue weighted by Crippen LogP contribution is -2.49. The molecule has 0 aliphatic rings. The fourth-order valence-corrected chi connectivity index (χ4v) is 5.18. The smallest absolute Gasteiger partial charge is 0.329 e. The molecule has 0 saturated carbocycles. The number of amides is 2. The summed E-state index contributed by atoms with van der Waals surface area (Å²) >= 11 is 0. The highest BCUT2D eigenvalue weighted by molar-refractivity contribution is 5.99. The predicted molar refractivity (Wildman–Crippen MR) is 168 cm³/mol. The topological polar surface area (TPSA) is 89.7 Å². The number of rotatable bonds is 29. The maximum Gasteiger partial charge on any atom is 0.329 e. The van der Waals surface area contributed by atoms with Crippen molar-refractivity contribution in [3.05, 3.63) is 0 Å². The van der Waals surface area contributed by atoms with E-state index in [1.807, 2.05) is 0 Å². The third kappa shape index (κ3) is 21.3. The molecular weight excluding hydrogens is 500 g/mol. The largest absolute Gasteiger partial charge is 0.464 e. The Labute approximate surface area is 247 Å². The average Bonchev–Trinajstić information content (AvgIpc) is 2.95. The number of imide groups is 1. The number of hydrogen-bond acceptors (Lipinski definition) is 5. The van der Waals surface area contributed by atoms with Crippen LogP contribution in [-0.4, -0.2) is 41.9 Å². The zero-order valence-corrected chi connectivity index (χ0v) is 26.8. The van der Waals surface area contributed by atoms with Crippen molar-refractivity contribution >= 4 is 17.8 Å². The highest BCUT2D eigenvalue weighted by atomic mass is 16.5. The first-order valence-electron chi connectivity index (χ1n) is 17.2. The summed E-state index contributed by atoms with van der Waals surface area (Å²) in [5.41, 5.74) is 5.71. The number of carbonyl (C=O) groups is 3. The minimum atomic E-state index is -0.832. The average molecular weight is 567 g/mol. The molecule has 2 N–H and O–H groups in total. The van der Waals surface area contributed by atoms with Gasteiger partial charge in [0.25, 0.3) is 0 Å². The molecule has 0 aromatic heterocycles. The van der Waals surface area contributed by atoms with Gasteiger partial charge in [-0.2, -0.15) is 0 Å². The van der Waals surface area contributed by atoms with E-state index in [4.69, 9.17) is 10.5 Å². The molecule has 0 unspecified atom stereocenters. The summed E-state index contributed by atoms with van der Waals surface area (Å²) in [5.74, 6) is -0.862. The summed E-state index contributed by atoms with van der Waals surface area (Å²) in [4.78, 5) is 41.3. The van der Waals surface area contributed by atoms with E-state index in [-0.39, 0.29) is 11.8 Å². The van der Waals surface area contributed by atoms with Gasteiger partial charge in [-0.15, -0.1) is 0 Å². The fraction of sp³-hybridized carbons (Fsp3) is 0.912. The highest BCUT2D eigenvalue weighted by Crippen LogP contribution is 2.19. The molecule has 0 saturated heterocycles. The van der Waals surface area contributed by atoms with E-state index in [0.717, 1.165) is 89.9 Å². The number of ether oxygens (including phenoxy) is 1. The van der Waals surface area contributed by atoms with Gasteiger partial charge in [-0.1, -0.05) is 130 Å². The lowest BCUT2D eigenvalue weighted by Gasteiger charge is -2.29. The molecule has 0 rings (SSSR count). The third-order valence-corrected chi connectivity index (χ3v) is 7.78. The Morgan fingerprint density at radius 3 is 1.38 bits per heavy atom. The van der Waals surface area contributed by atoms with Crippen molar-refractivity contribution in [2.45, 2.75) is 187 Å². The van der Waals surface area contributed by atoms with Crippen LogP contribution in [0.2, 0.25) is 0 Å². The van der Waals surface area contributed by atoms with Gasteiger partial charge in [0.2, 0.25) is 11.8 Å². The van der Waals surface area contributed by atoms with Gasteiger partial charge in [0, 0.05) is 12.8 Å². The van der Waals surface area contributed by atoms with Gasteiger partial charge in [-0.05, 0) is 45.1 Å². The Morgan fingerprint density at radius 2 is 0.950 bits per heavy atom. The molecule has 0 spiro atoms. The van der Waals surface area contributed by atoms with Crippen molar-refractivity contribution < 1.29 is 19.1 Å². The van der Waals surface area contributed by atoms with E-state index >= 15 is 0 Å². The monoisotopic (exact) mass is 567 g/mol.